The predicted molar refractivity (Wildman–Crippen MR) is 71.0 cm³/mol. The summed E-state index contributed by atoms with van der Waals surface area (Å²) < 4.78 is 0.411. The van der Waals surface area contributed by atoms with Crippen LogP contribution in [0.1, 0.15) is 11.1 Å². The molecular formula is C12H9BrN4O. The minimum absolute atomic E-state index is 0.286. The highest BCUT2D eigenvalue weighted by atomic mass is 79.9. The molecular weight excluding hydrogens is 296 g/mol. The van der Waals surface area contributed by atoms with Gasteiger partial charge in [-0.25, -0.2) is 5.10 Å². The van der Waals surface area contributed by atoms with E-state index in [1.165, 1.54) is 6.20 Å². The third kappa shape index (κ3) is 2.76. The Morgan fingerprint density at radius 3 is 3.11 bits per heavy atom. The Hall–Kier alpha value is -2.13. The maximum Gasteiger partial charge on any atom is 0.280 e. The maximum absolute atomic E-state index is 11.3. The number of hydrogen-bond acceptors (Lipinski definition) is 4. The molecule has 0 radical (unpaired) electrons. The van der Waals surface area contributed by atoms with Gasteiger partial charge in [0.15, 0.2) is 0 Å². The second-order valence-electron chi connectivity index (χ2n) is 3.59. The fourth-order valence-electron chi connectivity index (χ4n) is 1.45. The van der Waals surface area contributed by atoms with Crippen LogP contribution in [0.25, 0.3) is 0 Å². The first-order valence-corrected chi connectivity index (χ1v) is 5.96. The lowest BCUT2D eigenvalue weighted by Crippen LogP contribution is -2.12. The molecule has 0 amide bonds. The quantitative estimate of drug-likeness (QED) is 0.909. The van der Waals surface area contributed by atoms with Gasteiger partial charge < -0.3 is 5.32 Å². The predicted octanol–water partition coefficient (Wildman–Crippen LogP) is 2.02. The van der Waals surface area contributed by atoms with Crippen molar-refractivity contribution in [1.82, 2.24) is 10.2 Å². The number of benzene rings is 1. The second kappa shape index (κ2) is 5.47. The summed E-state index contributed by atoms with van der Waals surface area (Å²) in [4.78, 5) is 11.3. The van der Waals surface area contributed by atoms with Gasteiger partial charge in [-0.1, -0.05) is 12.1 Å². The number of nitrogens with zero attached hydrogens (tertiary/aromatic N) is 2. The number of anilines is 1. The van der Waals surface area contributed by atoms with E-state index in [-0.39, 0.29) is 5.56 Å². The van der Waals surface area contributed by atoms with Crippen LogP contribution >= 0.6 is 15.9 Å². The van der Waals surface area contributed by atoms with E-state index in [0.717, 1.165) is 5.56 Å². The highest BCUT2D eigenvalue weighted by Crippen LogP contribution is 2.16. The summed E-state index contributed by atoms with van der Waals surface area (Å²) in [5.74, 6) is 0. The van der Waals surface area contributed by atoms with E-state index in [1.54, 1.807) is 12.1 Å². The molecule has 2 aromatic rings. The average molecular weight is 305 g/mol. The number of nitrogens with one attached hydrogen (secondary N) is 2. The van der Waals surface area contributed by atoms with Crippen LogP contribution in [-0.2, 0) is 6.54 Å². The Kier molecular flexibility index (Phi) is 3.75. The Balaban J connectivity index is 2.14. The number of halogens is 1. The number of H-pyrrole nitrogens is 1. The third-order valence-electron chi connectivity index (χ3n) is 2.33. The minimum atomic E-state index is -0.286. The molecule has 1 aromatic carbocycles. The van der Waals surface area contributed by atoms with Crippen molar-refractivity contribution in [2.45, 2.75) is 6.54 Å². The molecule has 18 heavy (non-hydrogen) atoms. The first-order valence-electron chi connectivity index (χ1n) is 5.17. The number of aromatic amines is 1. The maximum atomic E-state index is 11.3. The molecule has 0 saturated heterocycles. The van der Waals surface area contributed by atoms with Gasteiger partial charge in [-0.3, -0.25) is 4.79 Å². The van der Waals surface area contributed by atoms with Crippen molar-refractivity contribution in [2.75, 3.05) is 5.32 Å². The van der Waals surface area contributed by atoms with Crippen molar-refractivity contribution in [1.29, 1.82) is 5.26 Å². The molecule has 0 aliphatic carbocycles. The van der Waals surface area contributed by atoms with Crippen molar-refractivity contribution in [3.8, 4) is 6.07 Å². The zero-order valence-electron chi connectivity index (χ0n) is 9.27. The topological polar surface area (TPSA) is 81.6 Å². The van der Waals surface area contributed by atoms with Crippen LogP contribution in [0.15, 0.2) is 39.7 Å². The largest absolute Gasteiger partial charge is 0.379 e. The molecule has 0 spiro atoms. The first kappa shape index (κ1) is 12.3. The first-order chi connectivity index (χ1) is 8.70. The molecule has 6 heteroatoms. The molecule has 1 aromatic heterocycles. The molecule has 2 rings (SSSR count). The fraction of sp³-hybridized carbons (Fsp3) is 0.0833. The summed E-state index contributed by atoms with van der Waals surface area (Å²) in [6, 6.07) is 9.34. The number of aromatic nitrogens is 2. The lowest BCUT2D eigenvalue weighted by atomic mass is 10.1. The Morgan fingerprint density at radius 2 is 2.33 bits per heavy atom. The van der Waals surface area contributed by atoms with Gasteiger partial charge in [0.25, 0.3) is 5.56 Å². The van der Waals surface area contributed by atoms with Crippen molar-refractivity contribution in [3.05, 3.63) is 56.4 Å². The average Bonchev–Trinajstić information content (AvgIpc) is 2.41. The molecule has 0 saturated carbocycles. The monoisotopic (exact) mass is 304 g/mol. The highest BCUT2D eigenvalue weighted by molar-refractivity contribution is 9.10. The van der Waals surface area contributed by atoms with E-state index < -0.39 is 0 Å². The molecule has 0 bridgehead atoms. The zero-order chi connectivity index (χ0) is 13.0. The number of nitriles is 1. The molecule has 5 nitrogen and oxygen atoms in total. The summed E-state index contributed by atoms with van der Waals surface area (Å²) in [6.45, 7) is 0.513. The molecule has 0 atom stereocenters. The molecule has 1 heterocycles. The summed E-state index contributed by atoms with van der Waals surface area (Å²) in [6.07, 6.45) is 1.53. The Morgan fingerprint density at radius 1 is 1.50 bits per heavy atom. The normalized spacial score (nSPS) is 9.78. The molecule has 0 aliphatic rings. The summed E-state index contributed by atoms with van der Waals surface area (Å²) in [5.41, 5.74) is 1.89. The van der Waals surface area contributed by atoms with Crippen molar-refractivity contribution in [2.24, 2.45) is 0 Å². The van der Waals surface area contributed by atoms with Gasteiger partial charge in [0, 0.05) is 6.54 Å². The molecule has 90 valence electrons. The number of rotatable bonds is 3. The van der Waals surface area contributed by atoms with E-state index in [2.05, 4.69) is 37.5 Å². The van der Waals surface area contributed by atoms with E-state index in [4.69, 9.17) is 5.26 Å². The van der Waals surface area contributed by atoms with E-state index >= 15 is 0 Å². The van der Waals surface area contributed by atoms with Crippen molar-refractivity contribution >= 4 is 21.6 Å². The van der Waals surface area contributed by atoms with Gasteiger partial charge in [-0.2, -0.15) is 10.4 Å². The summed E-state index contributed by atoms with van der Waals surface area (Å²) in [5, 5.41) is 17.9. The molecule has 0 unspecified atom stereocenters. The van der Waals surface area contributed by atoms with Crippen LogP contribution in [-0.4, -0.2) is 10.2 Å². The van der Waals surface area contributed by atoms with Crippen LogP contribution in [0, 0.1) is 11.3 Å². The lowest BCUT2D eigenvalue weighted by molar-refractivity contribution is 0.971. The van der Waals surface area contributed by atoms with Crippen LogP contribution in [0.3, 0.4) is 0 Å². The van der Waals surface area contributed by atoms with E-state index in [1.807, 2.05) is 12.1 Å². The van der Waals surface area contributed by atoms with Gasteiger partial charge in [0.05, 0.1) is 23.5 Å². The second-order valence-corrected chi connectivity index (χ2v) is 4.39. The van der Waals surface area contributed by atoms with Crippen molar-refractivity contribution < 1.29 is 0 Å². The van der Waals surface area contributed by atoms with E-state index in [9.17, 15) is 4.79 Å². The minimum Gasteiger partial charge on any atom is -0.379 e. The SMILES string of the molecule is N#Cc1cccc(CNc2cn[nH]c(=O)c2Br)c1. The molecule has 0 fully saturated rings. The molecule has 2 N–H and O–H groups in total. The van der Waals surface area contributed by atoms with Gasteiger partial charge >= 0.3 is 0 Å². The molecule has 0 aliphatic heterocycles. The van der Waals surface area contributed by atoms with Gasteiger partial charge in [0.2, 0.25) is 0 Å². The third-order valence-corrected chi connectivity index (χ3v) is 3.12. The highest BCUT2D eigenvalue weighted by Gasteiger charge is 2.03. The van der Waals surface area contributed by atoms with Gasteiger partial charge in [-0.15, -0.1) is 0 Å². The Bertz CT molecular complexity index is 660. The van der Waals surface area contributed by atoms with Crippen LogP contribution in [0.4, 0.5) is 5.69 Å². The summed E-state index contributed by atoms with van der Waals surface area (Å²) >= 11 is 3.18. The van der Waals surface area contributed by atoms with E-state index in [0.29, 0.717) is 22.3 Å². The van der Waals surface area contributed by atoms with Gasteiger partial charge in [0.1, 0.15) is 4.47 Å². The van der Waals surface area contributed by atoms with Gasteiger partial charge in [-0.05, 0) is 33.6 Å². The zero-order valence-corrected chi connectivity index (χ0v) is 10.9. The van der Waals surface area contributed by atoms with Crippen molar-refractivity contribution in [3.63, 3.8) is 0 Å². The smallest absolute Gasteiger partial charge is 0.280 e. The van der Waals surface area contributed by atoms with Crippen LogP contribution in [0.2, 0.25) is 0 Å². The number of hydrogen-bond donors (Lipinski definition) is 2. The van der Waals surface area contributed by atoms with Crippen LogP contribution < -0.4 is 10.9 Å². The van der Waals surface area contributed by atoms with Crippen LogP contribution in [0.5, 0.6) is 0 Å². The fourth-order valence-corrected chi connectivity index (χ4v) is 1.79. The lowest BCUT2D eigenvalue weighted by Gasteiger charge is -2.07. The standard InChI is InChI=1S/C12H9BrN4O/c13-11-10(7-16-17-12(11)18)15-6-9-3-1-2-8(4-9)5-14/h1-4,7H,6H2,(H2,15,17,18). The Labute approximate surface area is 112 Å². The summed E-state index contributed by atoms with van der Waals surface area (Å²) in [7, 11) is 0.